The lowest BCUT2D eigenvalue weighted by Crippen LogP contribution is -2.51. The van der Waals surface area contributed by atoms with Crippen LogP contribution in [0.1, 0.15) is 68.6 Å². The average Bonchev–Trinajstić information content (AvgIpc) is 3.11. The minimum absolute atomic E-state index is 0.0330. The maximum absolute atomic E-state index is 13.0. The summed E-state index contributed by atoms with van der Waals surface area (Å²) in [6.07, 6.45) is 9.45. The van der Waals surface area contributed by atoms with Crippen LogP contribution in [-0.2, 0) is 27.4 Å². The van der Waals surface area contributed by atoms with Crippen LogP contribution in [0.5, 0.6) is 0 Å². The molecular weight excluding hydrogens is 592 g/mol. The van der Waals surface area contributed by atoms with Gasteiger partial charge in [-0.25, -0.2) is 14.8 Å². The van der Waals surface area contributed by atoms with E-state index in [-0.39, 0.29) is 13.0 Å². The first kappa shape index (κ1) is 33.3. The van der Waals surface area contributed by atoms with E-state index < -0.39 is 30.1 Å². The maximum atomic E-state index is 13.0. The van der Waals surface area contributed by atoms with Crippen molar-refractivity contribution < 1.29 is 24.2 Å². The molecule has 1 aliphatic carbocycles. The molecule has 1 saturated carbocycles. The lowest BCUT2D eigenvalue weighted by atomic mass is 9.78. The molecule has 2 atom stereocenters. The molecule has 4 aromatic rings. The number of aromatic nitrogens is 2. The molecular formula is C38H42N4O5. The smallest absolute Gasteiger partial charge is 0.408 e. The van der Waals surface area contributed by atoms with Gasteiger partial charge in [-0.15, -0.1) is 0 Å². The molecule has 2 amide bonds. The highest BCUT2D eigenvalue weighted by atomic mass is 16.5. The van der Waals surface area contributed by atoms with Gasteiger partial charge in [0.15, 0.2) is 5.82 Å². The zero-order valence-electron chi connectivity index (χ0n) is 26.9. The third-order valence-electron chi connectivity index (χ3n) is 8.99. The number of aliphatic carboxylic acids is 1. The second-order valence-corrected chi connectivity index (χ2v) is 12.3. The number of carboxylic acid groups (broad SMARTS) is 1. The molecule has 9 nitrogen and oxygen atoms in total. The summed E-state index contributed by atoms with van der Waals surface area (Å²) >= 11 is 0. The fraction of sp³-hybridized carbons (Fsp3) is 0.342. The van der Waals surface area contributed by atoms with Gasteiger partial charge in [0, 0.05) is 29.9 Å². The van der Waals surface area contributed by atoms with Crippen molar-refractivity contribution in [1.82, 2.24) is 20.6 Å². The average molecular weight is 635 g/mol. The quantitative estimate of drug-likeness (QED) is 0.154. The van der Waals surface area contributed by atoms with Crippen molar-refractivity contribution in [2.24, 2.45) is 5.92 Å². The number of carboxylic acids is 1. The van der Waals surface area contributed by atoms with E-state index in [4.69, 9.17) is 4.74 Å². The summed E-state index contributed by atoms with van der Waals surface area (Å²) in [5, 5.41) is 14.3. The van der Waals surface area contributed by atoms with Crippen LogP contribution in [0, 0.1) is 5.92 Å². The number of ether oxygens (including phenoxy) is 1. The Labute approximate surface area is 275 Å². The molecule has 3 aromatic carbocycles. The van der Waals surface area contributed by atoms with Crippen LogP contribution in [-0.4, -0.2) is 45.1 Å². The third-order valence-corrected chi connectivity index (χ3v) is 8.99. The van der Waals surface area contributed by atoms with Crippen molar-refractivity contribution in [3.63, 3.8) is 0 Å². The van der Waals surface area contributed by atoms with Crippen molar-refractivity contribution in [2.75, 3.05) is 0 Å². The number of nitrogens with one attached hydrogen (secondary N) is 2. The number of hydrogen-bond acceptors (Lipinski definition) is 6. The Morgan fingerprint density at radius 2 is 1.45 bits per heavy atom. The van der Waals surface area contributed by atoms with Crippen LogP contribution in [0.3, 0.4) is 0 Å². The van der Waals surface area contributed by atoms with E-state index in [0.717, 1.165) is 33.7 Å². The summed E-state index contributed by atoms with van der Waals surface area (Å²) in [6, 6.07) is 23.2. The topological polar surface area (TPSA) is 131 Å². The Morgan fingerprint density at radius 1 is 0.809 bits per heavy atom. The molecule has 0 radical (unpaired) electrons. The van der Waals surface area contributed by atoms with Crippen molar-refractivity contribution in [2.45, 2.75) is 77.0 Å². The number of benzene rings is 3. The first-order valence-electron chi connectivity index (χ1n) is 16.3. The van der Waals surface area contributed by atoms with E-state index in [1.807, 2.05) is 67.0 Å². The molecule has 0 aliphatic heterocycles. The van der Waals surface area contributed by atoms with Crippen molar-refractivity contribution in [1.29, 1.82) is 0 Å². The van der Waals surface area contributed by atoms with Gasteiger partial charge < -0.3 is 20.5 Å². The Bertz CT molecular complexity index is 1620. The number of hydrogen-bond donors (Lipinski definition) is 3. The third kappa shape index (κ3) is 9.25. The zero-order chi connectivity index (χ0) is 33.2. The molecule has 0 spiro atoms. The van der Waals surface area contributed by atoms with Gasteiger partial charge in [-0.3, -0.25) is 9.59 Å². The summed E-state index contributed by atoms with van der Waals surface area (Å²) in [7, 11) is 0. The van der Waals surface area contributed by atoms with Gasteiger partial charge in [-0.05, 0) is 66.7 Å². The Kier molecular flexibility index (Phi) is 11.3. The van der Waals surface area contributed by atoms with Gasteiger partial charge in [0.05, 0.1) is 0 Å². The highest BCUT2D eigenvalue weighted by Crippen LogP contribution is 2.37. The summed E-state index contributed by atoms with van der Waals surface area (Å²) in [5.41, 5.74) is 5.78. The van der Waals surface area contributed by atoms with Crippen LogP contribution in [0.25, 0.3) is 22.5 Å². The van der Waals surface area contributed by atoms with Gasteiger partial charge in [-0.2, -0.15) is 0 Å². The SMILES string of the molecule is CC[C@H]1CC[C@H](c2ccc(-c3cnc(-c4ccc(C[C@H](NC(=O)OCc5ccccc5)C(=O)N[C@H](C)C(=O)O)cc4)nc3)cc2)CC1. The maximum Gasteiger partial charge on any atom is 0.408 e. The molecule has 5 rings (SSSR count). The molecule has 1 aromatic heterocycles. The van der Waals surface area contributed by atoms with Crippen LogP contribution >= 0.6 is 0 Å². The molecule has 1 heterocycles. The van der Waals surface area contributed by atoms with Crippen molar-refractivity contribution in [3.8, 4) is 22.5 Å². The Hall–Kier alpha value is -5.05. The minimum atomic E-state index is -1.18. The number of amides is 2. The Balaban J connectivity index is 1.21. The molecule has 0 unspecified atom stereocenters. The molecule has 0 saturated heterocycles. The monoisotopic (exact) mass is 634 g/mol. The lowest BCUT2D eigenvalue weighted by Gasteiger charge is -2.28. The summed E-state index contributed by atoms with van der Waals surface area (Å²) in [4.78, 5) is 46.1. The molecule has 3 N–H and O–H groups in total. The van der Waals surface area contributed by atoms with Gasteiger partial charge in [-0.1, -0.05) is 92.2 Å². The predicted molar refractivity (Wildman–Crippen MR) is 180 cm³/mol. The van der Waals surface area contributed by atoms with E-state index in [0.29, 0.717) is 11.7 Å². The highest BCUT2D eigenvalue weighted by molar-refractivity contribution is 5.89. The van der Waals surface area contributed by atoms with Gasteiger partial charge in [0.2, 0.25) is 5.91 Å². The lowest BCUT2D eigenvalue weighted by molar-refractivity contribution is -0.141. The van der Waals surface area contributed by atoms with E-state index in [2.05, 4.69) is 51.8 Å². The van der Waals surface area contributed by atoms with Crippen molar-refractivity contribution >= 4 is 18.0 Å². The Morgan fingerprint density at radius 3 is 2.06 bits per heavy atom. The molecule has 47 heavy (non-hydrogen) atoms. The number of nitrogens with zero attached hydrogens (tertiary/aromatic N) is 2. The largest absolute Gasteiger partial charge is 0.480 e. The zero-order valence-corrected chi connectivity index (χ0v) is 26.9. The number of carbonyl (C=O) groups is 3. The number of rotatable bonds is 12. The van der Waals surface area contributed by atoms with Crippen LogP contribution < -0.4 is 10.6 Å². The normalized spacial score (nSPS) is 17.2. The van der Waals surface area contributed by atoms with Gasteiger partial charge in [0.1, 0.15) is 18.7 Å². The molecule has 244 valence electrons. The molecule has 1 aliphatic rings. The molecule has 0 bridgehead atoms. The van der Waals surface area contributed by atoms with Gasteiger partial charge in [0.25, 0.3) is 0 Å². The summed E-state index contributed by atoms with van der Waals surface area (Å²) in [5.74, 6) is 0.290. The predicted octanol–water partition coefficient (Wildman–Crippen LogP) is 6.92. The molecule has 9 heteroatoms. The second-order valence-electron chi connectivity index (χ2n) is 12.3. The standard InChI is InChI=1S/C38H42N4O5/c1-3-26-9-13-29(14-10-26)30-17-19-31(20-18-30)33-22-39-35(40-23-33)32-15-11-27(12-16-32)21-34(36(43)41-25(2)37(44)45)42-38(46)47-24-28-7-5-4-6-8-28/h4-8,11-12,15-20,22-23,25-26,29,34H,3,9-10,13-14,21,24H2,1-2H3,(H,41,43)(H,42,46)(H,44,45)/t25-,26-,29-,34+/m1/s1. The fourth-order valence-electron chi connectivity index (χ4n) is 6.00. The first-order chi connectivity index (χ1) is 22.8. The number of carbonyl (C=O) groups excluding carboxylic acids is 2. The fourth-order valence-corrected chi connectivity index (χ4v) is 6.00. The summed E-state index contributed by atoms with van der Waals surface area (Å²) < 4.78 is 5.30. The second kappa shape index (κ2) is 16.0. The van der Waals surface area contributed by atoms with Crippen LogP contribution in [0.15, 0.2) is 91.3 Å². The van der Waals surface area contributed by atoms with E-state index in [1.165, 1.54) is 44.6 Å². The summed E-state index contributed by atoms with van der Waals surface area (Å²) in [6.45, 7) is 3.69. The van der Waals surface area contributed by atoms with E-state index in [1.54, 1.807) is 0 Å². The van der Waals surface area contributed by atoms with Crippen LogP contribution in [0.4, 0.5) is 4.79 Å². The first-order valence-corrected chi connectivity index (χ1v) is 16.3. The molecule has 1 fully saturated rings. The van der Waals surface area contributed by atoms with Crippen LogP contribution in [0.2, 0.25) is 0 Å². The van der Waals surface area contributed by atoms with E-state index >= 15 is 0 Å². The number of alkyl carbamates (subject to hydrolysis) is 1. The van der Waals surface area contributed by atoms with E-state index in [9.17, 15) is 19.5 Å². The van der Waals surface area contributed by atoms with Gasteiger partial charge >= 0.3 is 12.1 Å². The van der Waals surface area contributed by atoms with Crippen molar-refractivity contribution in [3.05, 3.63) is 108 Å². The minimum Gasteiger partial charge on any atom is -0.480 e. The highest BCUT2D eigenvalue weighted by Gasteiger charge is 2.25.